The molecule has 138 valence electrons. The molecule has 0 aromatic carbocycles. The average molecular weight is 374 g/mol. The van der Waals surface area contributed by atoms with E-state index < -0.39 is 34.1 Å². The minimum absolute atomic E-state index is 0.0738. The van der Waals surface area contributed by atoms with Gasteiger partial charge in [-0.3, -0.25) is 4.79 Å². The highest BCUT2D eigenvalue weighted by molar-refractivity contribution is 7.89. The number of nitrogens with zero attached hydrogens (tertiary/aromatic N) is 2. The molecular formula is C15H19FN2O6S. The van der Waals surface area contributed by atoms with Gasteiger partial charge in [-0.15, -0.1) is 0 Å². The van der Waals surface area contributed by atoms with Crippen molar-refractivity contribution in [2.45, 2.75) is 36.8 Å². The summed E-state index contributed by atoms with van der Waals surface area (Å²) in [4.78, 5) is 24.3. The van der Waals surface area contributed by atoms with Crippen LogP contribution in [0.3, 0.4) is 0 Å². The van der Waals surface area contributed by atoms with Crippen LogP contribution < -0.4 is 0 Å². The summed E-state index contributed by atoms with van der Waals surface area (Å²) in [5.74, 6) is -2.48. The third kappa shape index (κ3) is 3.04. The number of rotatable bonds is 4. The molecule has 0 bridgehead atoms. The number of carboxylic acid groups (broad SMARTS) is 1. The summed E-state index contributed by atoms with van der Waals surface area (Å²) >= 11 is 0. The van der Waals surface area contributed by atoms with Crippen LogP contribution in [0.2, 0.25) is 0 Å². The lowest BCUT2D eigenvalue weighted by Gasteiger charge is -2.16. The Morgan fingerprint density at radius 3 is 2.48 bits per heavy atom. The molecule has 1 atom stereocenters. The number of aliphatic carboxylic acids is 1. The van der Waals surface area contributed by atoms with Crippen molar-refractivity contribution in [1.29, 1.82) is 0 Å². The molecule has 3 rings (SSSR count). The maximum atomic E-state index is 14.1. The Kier molecular flexibility index (Phi) is 4.36. The Morgan fingerprint density at radius 2 is 1.92 bits per heavy atom. The minimum atomic E-state index is -3.74. The molecule has 1 N–H and O–H groups in total. The van der Waals surface area contributed by atoms with E-state index in [1.54, 1.807) is 0 Å². The zero-order valence-electron chi connectivity index (χ0n) is 13.7. The van der Waals surface area contributed by atoms with Gasteiger partial charge in [-0.25, -0.2) is 17.6 Å². The monoisotopic (exact) mass is 374 g/mol. The lowest BCUT2D eigenvalue weighted by atomic mass is 10.1. The quantitative estimate of drug-likeness (QED) is 0.843. The van der Waals surface area contributed by atoms with Crippen LogP contribution in [0.4, 0.5) is 4.39 Å². The summed E-state index contributed by atoms with van der Waals surface area (Å²) < 4.78 is 46.0. The van der Waals surface area contributed by atoms with Crippen LogP contribution in [0, 0.1) is 6.92 Å². The Hall–Kier alpha value is -1.94. The van der Waals surface area contributed by atoms with Gasteiger partial charge in [-0.2, -0.15) is 4.31 Å². The van der Waals surface area contributed by atoms with E-state index in [0.717, 1.165) is 23.8 Å². The van der Waals surface area contributed by atoms with Crippen LogP contribution in [-0.4, -0.2) is 66.5 Å². The Bertz CT molecular complexity index is 814. The van der Waals surface area contributed by atoms with Crippen molar-refractivity contribution in [1.82, 2.24) is 9.21 Å². The first kappa shape index (κ1) is 17.9. The highest BCUT2D eigenvalue weighted by atomic mass is 32.2. The first-order chi connectivity index (χ1) is 11.6. The second-order valence-electron chi connectivity index (χ2n) is 6.39. The molecule has 2 aliphatic rings. The predicted molar refractivity (Wildman–Crippen MR) is 83.4 cm³/mol. The second-order valence-corrected chi connectivity index (χ2v) is 8.30. The number of hydrogen-bond acceptors (Lipinski definition) is 5. The summed E-state index contributed by atoms with van der Waals surface area (Å²) in [5.41, 5.74) is -2.48. The number of carbonyl (C=O) groups excluding carboxylic acids is 1. The first-order valence-electron chi connectivity index (χ1n) is 7.97. The summed E-state index contributed by atoms with van der Waals surface area (Å²) in [6, 6.07) is 1.14. The summed E-state index contributed by atoms with van der Waals surface area (Å²) in [6.45, 7) is 1.63. The van der Waals surface area contributed by atoms with E-state index >= 15 is 0 Å². The molecule has 0 spiro atoms. The molecule has 2 saturated heterocycles. The van der Waals surface area contributed by atoms with Crippen LogP contribution >= 0.6 is 0 Å². The number of furan rings is 1. The van der Waals surface area contributed by atoms with Crippen LogP contribution in [0.25, 0.3) is 0 Å². The second kappa shape index (κ2) is 6.10. The van der Waals surface area contributed by atoms with E-state index in [1.165, 1.54) is 11.2 Å². The van der Waals surface area contributed by atoms with Crippen molar-refractivity contribution < 1.29 is 31.9 Å². The van der Waals surface area contributed by atoms with Gasteiger partial charge in [0.1, 0.15) is 10.7 Å². The molecule has 2 fully saturated rings. The van der Waals surface area contributed by atoms with E-state index in [2.05, 4.69) is 0 Å². The predicted octanol–water partition coefficient (Wildman–Crippen LogP) is 1.01. The van der Waals surface area contributed by atoms with Crippen molar-refractivity contribution >= 4 is 21.9 Å². The molecule has 2 aliphatic heterocycles. The van der Waals surface area contributed by atoms with Gasteiger partial charge in [0.25, 0.3) is 5.91 Å². The number of alkyl halides is 1. The number of hydrogen-bond donors (Lipinski definition) is 1. The molecule has 1 unspecified atom stereocenters. The van der Waals surface area contributed by atoms with Crippen molar-refractivity contribution in [3.63, 3.8) is 0 Å². The topological polar surface area (TPSA) is 108 Å². The van der Waals surface area contributed by atoms with E-state index in [0.29, 0.717) is 13.1 Å². The van der Waals surface area contributed by atoms with Crippen LogP contribution in [-0.2, 0) is 14.8 Å². The Morgan fingerprint density at radius 1 is 1.28 bits per heavy atom. The summed E-state index contributed by atoms with van der Waals surface area (Å²) in [5, 5.41) is 8.90. The Labute approximate surface area is 144 Å². The van der Waals surface area contributed by atoms with Gasteiger partial charge in [-0.1, -0.05) is 0 Å². The van der Waals surface area contributed by atoms with Gasteiger partial charge in [-0.05, 0) is 19.8 Å². The van der Waals surface area contributed by atoms with Crippen molar-refractivity contribution in [2.24, 2.45) is 0 Å². The van der Waals surface area contributed by atoms with Gasteiger partial charge in [0, 0.05) is 32.1 Å². The van der Waals surface area contributed by atoms with E-state index in [9.17, 15) is 22.4 Å². The number of aryl methyl sites for hydroxylation is 1. The van der Waals surface area contributed by atoms with E-state index in [-0.39, 0.29) is 29.4 Å². The van der Waals surface area contributed by atoms with Crippen LogP contribution in [0.15, 0.2) is 15.4 Å². The summed E-state index contributed by atoms with van der Waals surface area (Å²) in [7, 11) is -3.74. The zero-order chi connectivity index (χ0) is 18.4. The molecule has 0 saturated carbocycles. The number of carbonyl (C=O) groups is 2. The number of carboxylic acids is 1. The normalized spacial score (nSPS) is 24.8. The summed E-state index contributed by atoms with van der Waals surface area (Å²) in [6.07, 6.45) is 1.25. The van der Waals surface area contributed by atoms with E-state index in [4.69, 9.17) is 9.52 Å². The average Bonchev–Trinajstić information content (AvgIpc) is 3.26. The van der Waals surface area contributed by atoms with Gasteiger partial charge in [0.15, 0.2) is 5.76 Å². The van der Waals surface area contributed by atoms with Gasteiger partial charge in [0.05, 0.1) is 6.54 Å². The lowest BCUT2D eigenvalue weighted by molar-refractivity contribution is -0.149. The first-order valence-corrected chi connectivity index (χ1v) is 9.41. The molecular weight excluding hydrogens is 355 g/mol. The molecule has 8 nitrogen and oxygen atoms in total. The molecule has 1 aromatic rings. The minimum Gasteiger partial charge on any atom is -0.479 e. The fourth-order valence-electron chi connectivity index (χ4n) is 3.17. The van der Waals surface area contributed by atoms with Gasteiger partial charge in [0.2, 0.25) is 15.7 Å². The maximum Gasteiger partial charge on any atom is 0.343 e. The number of sulfonamides is 1. The molecule has 0 aliphatic carbocycles. The lowest BCUT2D eigenvalue weighted by Crippen LogP contribution is -2.38. The third-order valence-electron chi connectivity index (χ3n) is 4.66. The number of amides is 1. The number of likely N-dealkylation sites (tertiary alicyclic amines) is 1. The highest BCUT2D eigenvalue weighted by Crippen LogP contribution is 2.30. The fraction of sp³-hybridized carbons (Fsp3) is 0.600. The van der Waals surface area contributed by atoms with Crippen molar-refractivity contribution in [3.8, 4) is 0 Å². The van der Waals surface area contributed by atoms with Gasteiger partial charge >= 0.3 is 5.97 Å². The van der Waals surface area contributed by atoms with Crippen molar-refractivity contribution in [3.05, 3.63) is 17.6 Å². The molecule has 1 amide bonds. The molecule has 0 radical (unpaired) electrons. The fourth-order valence-corrected chi connectivity index (χ4v) is 4.85. The molecule has 3 heterocycles. The van der Waals surface area contributed by atoms with Crippen LogP contribution in [0.5, 0.6) is 0 Å². The smallest absolute Gasteiger partial charge is 0.343 e. The molecule has 10 heteroatoms. The van der Waals surface area contributed by atoms with Crippen molar-refractivity contribution in [2.75, 3.05) is 26.2 Å². The third-order valence-corrected chi connectivity index (χ3v) is 6.66. The van der Waals surface area contributed by atoms with E-state index in [1.807, 2.05) is 0 Å². The Balaban J connectivity index is 1.83. The largest absolute Gasteiger partial charge is 0.479 e. The SMILES string of the molecule is Cc1oc(C(=O)N2CCC(F)(C(=O)O)C2)cc1S(=O)(=O)N1CCCC1. The number of halogens is 1. The van der Waals surface area contributed by atoms with Gasteiger partial charge < -0.3 is 14.4 Å². The standard InChI is InChI=1S/C15H19FN2O6S/c1-10-12(25(22,23)18-5-2-3-6-18)8-11(24-10)13(19)17-7-4-15(16,9-17)14(20)21/h8H,2-7,9H2,1H3,(H,20,21). The van der Waals surface area contributed by atoms with Crippen LogP contribution in [0.1, 0.15) is 35.6 Å². The zero-order valence-corrected chi connectivity index (χ0v) is 14.5. The maximum absolute atomic E-state index is 14.1. The molecule has 25 heavy (non-hydrogen) atoms. The highest BCUT2D eigenvalue weighted by Gasteiger charge is 2.47. The molecule has 1 aromatic heterocycles.